The molecule has 2 aromatic carbocycles. The molecule has 0 atom stereocenters. The van der Waals surface area contributed by atoms with Gasteiger partial charge in [-0.25, -0.2) is 14.8 Å². The lowest BCUT2D eigenvalue weighted by Crippen LogP contribution is -2.16. The molecule has 0 fully saturated rings. The second kappa shape index (κ2) is 8.89. The number of benzene rings is 2. The number of nitrogens with zero attached hydrogens (tertiary/aromatic N) is 2. The number of anilines is 3. The van der Waals surface area contributed by atoms with Gasteiger partial charge in [-0.3, -0.25) is 10.1 Å². The smallest absolute Gasteiger partial charge is 0.413 e. The summed E-state index contributed by atoms with van der Waals surface area (Å²) < 4.78 is 6.25. The Hall–Kier alpha value is -3.50. The number of nitrogens with two attached hydrogens (primary N) is 1. The molecule has 0 bridgehead atoms. The second-order valence-electron chi connectivity index (χ2n) is 6.23. The molecule has 8 nitrogen and oxygen atoms in total. The number of hydrogen-bond donors (Lipinski definition) is 3. The first-order valence-electron chi connectivity index (χ1n) is 8.94. The van der Waals surface area contributed by atoms with Crippen LogP contribution < -0.4 is 16.4 Å². The van der Waals surface area contributed by atoms with Gasteiger partial charge in [0.2, 0.25) is 5.91 Å². The van der Waals surface area contributed by atoms with E-state index in [1.165, 1.54) is 22.7 Å². The molecule has 10 heteroatoms. The monoisotopic (exact) mass is 439 g/mol. The maximum atomic E-state index is 12.2. The van der Waals surface area contributed by atoms with Gasteiger partial charge < -0.3 is 15.8 Å². The number of nitrogens with one attached hydrogen (secondary N) is 2. The van der Waals surface area contributed by atoms with Crippen LogP contribution in [0.25, 0.3) is 10.2 Å². The van der Waals surface area contributed by atoms with Gasteiger partial charge in [0.1, 0.15) is 11.6 Å². The van der Waals surface area contributed by atoms with Crippen molar-refractivity contribution in [3.05, 3.63) is 64.6 Å². The van der Waals surface area contributed by atoms with Crippen molar-refractivity contribution in [3.63, 3.8) is 0 Å². The lowest BCUT2D eigenvalue weighted by Gasteiger charge is -2.06. The second-order valence-corrected chi connectivity index (χ2v) is 8.21. The molecule has 2 amide bonds. The van der Waals surface area contributed by atoms with Crippen molar-refractivity contribution in [2.75, 3.05) is 16.4 Å². The number of ether oxygens (including phenoxy) is 1. The minimum atomic E-state index is -0.628. The van der Waals surface area contributed by atoms with Crippen molar-refractivity contribution in [2.24, 2.45) is 0 Å². The molecular formula is C20H17N5O3S2. The van der Waals surface area contributed by atoms with Crippen molar-refractivity contribution >= 4 is 61.4 Å². The van der Waals surface area contributed by atoms with Crippen LogP contribution in [0.4, 0.5) is 21.3 Å². The fourth-order valence-corrected chi connectivity index (χ4v) is 4.22. The number of thiazole rings is 2. The highest BCUT2D eigenvalue weighted by molar-refractivity contribution is 7.18. The van der Waals surface area contributed by atoms with Crippen LogP contribution in [-0.4, -0.2) is 22.0 Å². The SMILES string of the molecule is Nc1ccccc1NC(=O)Cc1csc(NC(=O)OCc2nc3ccccc3s2)n1. The van der Waals surface area contributed by atoms with Gasteiger partial charge in [0, 0.05) is 5.38 Å². The quantitative estimate of drug-likeness (QED) is 0.386. The van der Waals surface area contributed by atoms with Gasteiger partial charge in [0.05, 0.1) is 33.7 Å². The Labute approximate surface area is 179 Å². The van der Waals surface area contributed by atoms with E-state index in [0.717, 1.165) is 10.2 Å². The Morgan fingerprint density at radius 2 is 1.83 bits per heavy atom. The van der Waals surface area contributed by atoms with Gasteiger partial charge in [-0.15, -0.1) is 22.7 Å². The molecule has 0 aliphatic rings. The van der Waals surface area contributed by atoms with Crippen LogP contribution in [0.2, 0.25) is 0 Å². The van der Waals surface area contributed by atoms with E-state index >= 15 is 0 Å². The fourth-order valence-electron chi connectivity index (χ4n) is 2.65. The van der Waals surface area contributed by atoms with Gasteiger partial charge in [-0.1, -0.05) is 24.3 Å². The highest BCUT2D eigenvalue weighted by Gasteiger charge is 2.12. The standard InChI is InChI=1S/C20H17N5O3S2/c21-13-5-1-2-6-14(13)23-17(26)9-12-11-29-19(22-12)25-20(27)28-10-18-24-15-7-3-4-8-16(15)30-18/h1-8,11H,9-10,21H2,(H,23,26)(H,22,25,27). The average Bonchev–Trinajstić information content (AvgIpc) is 3.34. The van der Waals surface area contributed by atoms with Gasteiger partial charge in [-0.2, -0.15) is 0 Å². The Morgan fingerprint density at radius 3 is 2.67 bits per heavy atom. The van der Waals surface area contributed by atoms with E-state index in [4.69, 9.17) is 10.5 Å². The molecule has 2 aromatic heterocycles. The molecule has 0 aliphatic carbocycles. The topological polar surface area (TPSA) is 119 Å². The van der Waals surface area contributed by atoms with E-state index < -0.39 is 6.09 Å². The normalized spacial score (nSPS) is 10.7. The minimum Gasteiger partial charge on any atom is -0.442 e. The van der Waals surface area contributed by atoms with E-state index in [-0.39, 0.29) is 18.9 Å². The van der Waals surface area contributed by atoms with Gasteiger partial charge in [0.25, 0.3) is 0 Å². The Bertz CT molecular complexity index is 1170. The van der Waals surface area contributed by atoms with Crippen molar-refractivity contribution in [1.29, 1.82) is 0 Å². The lowest BCUT2D eigenvalue weighted by atomic mass is 10.2. The number of fused-ring (bicyclic) bond motifs is 1. The largest absolute Gasteiger partial charge is 0.442 e. The first kappa shape index (κ1) is 19.8. The van der Waals surface area contributed by atoms with Crippen LogP contribution in [0.5, 0.6) is 0 Å². The number of aromatic nitrogens is 2. The molecule has 2 heterocycles. The predicted molar refractivity (Wildman–Crippen MR) is 119 cm³/mol. The zero-order valence-corrected chi connectivity index (χ0v) is 17.3. The summed E-state index contributed by atoms with van der Waals surface area (Å²) >= 11 is 2.69. The number of para-hydroxylation sites is 3. The summed E-state index contributed by atoms with van der Waals surface area (Å²) in [5.41, 5.74) is 8.27. The van der Waals surface area contributed by atoms with E-state index in [2.05, 4.69) is 20.6 Å². The van der Waals surface area contributed by atoms with E-state index in [1.54, 1.807) is 29.6 Å². The summed E-state index contributed by atoms with van der Waals surface area (Å²) in [5, 5.41) is 8.08. The number of carbonyl (C=O) groups is 2. The molecular weight excluding hydrogens is 422 g/mol. The van der Waals surface area contributed by atoms with E-state index in [1.807, 2.05) is 24.3 Å². The van der Waals surface area contributed by atoms with Crippen LogP contribution in [0.1, 0.15) is 10.7 Å². The van der Waals surface area contributed by atoms with Gasteiger partial charge >= 0.3 is 6.09 Å². The van der Waals surface area contributed by atoms with Crippen molar-refractivity contribution in [2.45, 2.75) is 13.0 Å². The first-order valence-corrected chi connectivity index (χ1v) is 10.6. The van der Waals surface area contributed by atoms with Crippen LogP contribution in [0.3, 0.4) is 0 Å². The molecule has 152 valence electrons. The average molecular weight is 440 g/mol. The predicted octanol–water partition coefficient (Wildman–Crippen LogP) is 4.26. The summed E-state index contributed by atoms with van der Waals surface area (Å²) in [7, 11) is 0. The molecule has 0 aliphatic heterocycles. The number of amides is 2. The summed E-state index contributed by atoms with van der Waals surface area (Å²) in [5.74, 6) is -0.247. The summed E-state index contributed by atoms with van der Waals surface area (Å²) in [6, 6.07) is 14.7. The molecule has 0 spiro atoms. The van der Waals surface area contributed by atoms with E-state index in [0.29, 0.717) is 27.2 Å². The highest BCUT2D eigenvalue weighted by Crippen LogP contribution is 2.23. The third-order valence-electron chi connectivity index (χ3n) is 4.00. The molecule has 4 rings (SSSR count). The van der Waals surface area contributed by atoms with Crippen molar-refractivity contribution < 1.29 is 14.3 Å². The van der Waals surface area contributed by atoms with Crippen LogP contribution in [0, 0.1) is 0 Å². The maximum Gasteiger partial charge on any atom is 0.413 e. The number of hydrogen-bond acceptors (Lipinski definition) is 8. The summed E-state index contributed by atoms with van der Waals surface area (Å²) in [6.45, 7) is 0.0737. The fraction of sp³-hybridized carbons (Fsp3) is 0.100. The van der Waals surface area contributed by atoms with E-state index in [9.17, 15) is 9.59 Å². The molecule has 4 aromatic rings. The number of rotatable bonds is 6. The van der Waals surface area contributed by atoms with Gasteiger partial charge in [0.15, 0.2) is 5.13 Å². The Balaban J connectivity index is 1.27. The summed E-state index contributed by atoms with van der Waals surface area (Å²) in [6.07, 6.45) is -0.565. The molecule has 0 unspecified atom stereocenters. The molecule has 30 heavy (non-hydrogen) atoms. The zero-order valence-electron chi connectivity index (χ0n) is 15.6. The highest BCUT2D eigenvalue weighted by atomic mass is 32.1. The molecule has 0 saturated carbocycles. The molecule has 0 saturated heterocycles. The maximum absolute atomic E-state index is 12.2. The number of nitrogen functional groups attached to an aromatic ring is 1. The first-order chi connectivity index (χ1) is 14.6. The third kappa shape index (κ3) is 4.91. The Kier molecular flexibility index (Phi) is 5.87. The molecule has 0 radical (unpaired) electrons. The van der Waals surface area contributed by atoms with Crippen LogP contribution in [0.15, 0.2) is 53.9 Å². The van der Waals surface area contributed by atoms with Gasteiger partial charge in [-0.05, 0) is 24.3 Å². The van der Waals surface area contributed by atoms with Crippen LogP contribution >= 0.6 is 22.7 Å². The molecule has 4 N–H and O–H groups in total. The third-order valence-corrected chi connectivity index (χ3v) is 5.82. The van der Waals surface area contributed by atoms with Crippen LogP contribution in [-0.2, 0) is 22.6 Å². The summed E-state index contributed by atoms with van der Waals surface area (Å²) in [4.78, 5) is 32.9. The number of carbonyl (C=O) groups excluding carboxylic acids is 2. The minimum absolute atomic E-state index is 0.0628. The lowest BCUT2D eigenvalue weighted by molar-refractivity contribution is -0.115. The Morgan fingerprint density at radius 1 is 1.03 bits per heavy atom. The van der Waals surface area contributed by atoms with Crippen molar-refractivity contribution in [3.8, 4) is 0 Å². The zero-order chi connectivity index (χ0) is 20.9. The van der Waals surface area contributed by atoms with Crippen molar-refractivity contribution in [1.82, 2.24) is 9.97 Å².